The summed E-state index contributed by atoms with van der Waals surface area (Å²) < 4.78 is 18.3. The van der Waals surface area contributed by atoms with Crippen molar-refractivity contribution in [3.05, 3.63) is 35.8 Å². The van der Waals surface area contributed by atoms with Gasteiger partial charge in [-0.25, -0.2) is 9.18 Å². The molecule has 7 heteroatoms. The molecule has 1 aromatic heterocycles. The van der Waals surface area contributed by atoms with Crippen LogP contribution in [0, 0.1) is 11.7 Å². The Hall–Kier alpha value is -2.41. The minimum absolute atomic E-state index is 0.125. The van der Waals surface area contributed by atoms with Crippen LogP contribution >= 0.6 is 0 Å². The smallest absolute Gasteiger partial charge is 0.326 e. The van der Waals surface area contributed by atoms with Gasteiger partial charge in [0.05, 0.1) is 12.5 Å². The molecule has 1 fully saturated rings. The summed E-state index contributed by atoms with van der Waals surface area (Å²) in [6, 6.07) is 3.24. The second-order valence-electron chi connectivity index (χ2n) is 5.67. The second kappa shape index (κ2) is 6.37. The van der Waals surface area contributed by atoms with Crippen LogP contribution in [-0.4, -0.2) is 41.2 Å². The fraction of sp³-hybridized carbons (Fsp3) is 0.375. The Morgan fingerprint density at radius 3 is 3.00 bits per heavy atom. The average molecular weight is 320 g/mol. The van der Waals surface area contributed by atoms with Crippen molar-refractivity contribution in [3.63, 3.8) is 0 Å². The van der Waals surface area contributed by atoms with E-state index in [-0.39, 0.29) is 24.1 Å². The van der Waals surface area contributed by atoms with Gasteiger partial charge in [-0.3, -0.25) is 4.79 Å². The number of benzene rings is 1. The van der Waals surface area contributed by atoms with Gasteiger partial charge in [0.2, 0.25) is 5.91 Å². The molecule has 0 aliphatic carbocycles. The minimum atomic E-state index is -1.10. The molecule has 3 rings (SSSR count). The van der Waals surface area contributed by atoms with Crippen LogP contribution in [0.15, 0.2) is 24.4 Å². The first kappa shape index (κ1) is 15.5. The topological polar surface area (TPSA) is 91.4 Å². The van der Waals surface area contributed by atoms with E-state index >= 15 is 0 Å². The maximum Gasteiger partial charge on any atom is 0.326 e. The number of H-pyrrole nitrogens is 1. The van der Waals surface area contributed by atoms with Gasteiger partial charge in [0.25, 0.3) is 0 Å². The van der Waals surface area contributed by atoms with Crippen molar-refractivity contribution in [2.75, 3.05) is 13.2 Å². The van der Waals surface area contributed by atoms with Gasteiger partial charge in [-0.05, 0) is 30.2 Å². The molecule has 3 N–H and O–H groups in total. The third-order valence-corrected chi connectivity index (χ3v) is 4.07. The highest BCUT2D eigenvalue weighted by Gasteiger charge is 2.28. The molecule has 122 valence electrons. The summed E-state index contributed by atoms with van der Waals surface area (Å²) in [7, 11) is 0. The molecule has 0 unspecified atom stereocenters. The molecule has 1 saturated heterocycles. The van der Waals surface area contributed by atoms with E-state index in [2.05, 4.69) is 10.3 Å². The summed E-state index contributed by atoms with van der Waals surface area (Å²) in [5.74, 6) is -2.07. The lowest BCUT2D eigenvalue weighted by atomic mass is 10.0. The van der Waals surface area contributed by atoms with Gasteiger partial charge in [-0.1, -0.05) is 0 Å². The lowest BCUT2D eigenvalue weighted by Crippen LogP contribution is -2.45. The molecule has 1 aliphatic rings. The van der Waals surface area contributed by atoms with Crippen LogP contribution in [0.5, 0.6) is 0 Å². The van der Waals surface area contributed by atoms with Crippen molar-refractivity contribution in [3.8, 4) is 0 Å². The Balaban J connectivity index is 1.75. The first-order valence-corrected chi connectivity index (χ1v) is 7.41. The fourth-order valence-electron chi connectivity index (χ4n) is 2.78. The largest absolute Gasteiger partial charge is 0.480 e. The van der Waals surface area contributed by atoms with Crippen LogP contribution in [0.3, 0.4) is 0 Å². The summed E-state index contributed by atoms with van der Waals surface area (Å²) >= 11 is 0. The molecule has 6 nitrogen and oxygen atoms in total. The number of carbonyl (C=O) groups is 2. The number of aromatic nitrogens is 1. The zero-order valence-electron chi connectivity index (χ0n) is 12.3. The monoisotopic (exact) mass is 320 g/mol. The number of ether oxygens (including phenoxy) is 1. The molecule has 0 saturated carbocycles. The zero-order chi connectivity index (χ0) is 16.4. The van der Waals surface area contributed by atoms with E-state index in [0.29, 0.717) is 25.2 Å². The summed E-state index contributed by atoms with van der Waals surface area (Å²) in [6.07, 6.45) is 2.37. The van der Waals surface area contributed by atoms with E-state index in [0.717, 1.165) is 10.9 Å². The van der Waals surface area contributed by atoms with Crippen molar-refractivity contribution in [2.45, 2.75) is 18.9 Å². The Labute approximate surface area is 131 Å². The fourth-order valence-corrected chi connectivity index (χ4v) is 2.78. The number of carboxylic acids is 1. The van der Waals surface area contributed by atoms with E-state index < -0.39 is 12.0 Å². The van der Waals surface area contributed by atoms with Gasteiger partial charge >= 0.3 is 5.97 Å². The van der Waals surface area contributed by atoms with Crippen LogP contribution in [0.1, 0.15) is 12.0 Å². The lowest BCUT2D eigenvalue weighted by molar-refractivity contribution is -0.142. The molecule has 23 heavy (non-hydrogen) atoms. The summed E-state index contributed by atoms with van der Waals surface area (Å²) in [5.41, 5.74) is 1.31. The molecule has 1 aliphatic heterocycles. The number of fused-ring (bicyclic) bond motifs is 1. The van der Waals surface area contributed by atoms with Gasteiger partial charge in [0.15, 0.2) is 0 Å². The van der Waals surface area contributed by atoms with Crippen LogP contribution in [0.4, 0.5) is 4.39 Å². The number of hydrogen-bond acceptors (Lipinski definition) is 3. The third-order valence-electron chi connectivity index (χ3n) is 4.07. The van der Waals surface area contributed by atoms with Crippen molar-refractivity contribution in [1.82, 2.24) is 10.3 Å². The van der Waals surface area contributed by atoms with Crippen molar-refractivity contribution < 1.29 is 23.8 Å². The van der Waals surface area contributed by atoms with E-state index in [1.807, 2.05) is 0 Å². The standard InChI is InChI=1S/C16H17FN2O4/c17-11-1-2-12-10(7-18-13(12)6-11)5-14(16(21)22)19-15(20)9-3-4-23-8-9/h1-2,6-7,9,14,18H,3-5,8H2,(H,19,20)(H,21,22)/t9-,14+/m0/s1. The quantitative estimate of drug-likeness (QED) is 0.778. The highest BCUT2D eigenvalue weighted by atomic mass is 19.1. The Bertz CT molecular complexity index is 737. The molecule has 2 heterocycles. The number of nitrogens with one attached hydrogen (secondary N) is 2. The number of hydrogen-bond donors (Lipinski definition) is 3. The molecule has 0 bridgehead atoms. The molecular formula is C16H17FN2O4. The minimum Gasteiger partial charge on any atom is -0.480 e. The number of carboxylic acid groups (broad SMARTS) is 1. The average Bonchev–Trinajstić information content (AvgIpc) is 3.16. The van der Waals surface area contributed by atoms with E-state index in [9.17, 15) is 19.1 Å². The van der Waals surface area contributed by atoms with Crippen LogP contribution in [0.2, 0.25) is 0 Å². The predicted octanol–water partition coefficient (Wildman–Crippen LogP) is 1.46. The maximum atomic E-state index is 13.2. The van der Waals surface area contributed by atoms with Gasteiger partial charge in [-0.2, -0.15) is 0 Å². The number of halogens is 1. The van der Waals surface area contributed by atoms with Gasteiger partial charge < -0.3 is 20.1 Å². The number of aliphatic carboxylic acids is 1. The molecule has 2 atom stereocenters. The lowest BCUT2D eigenvalue weighted by Gasteiger charge is -2.16. The molecule has 1 aromatic carbocycles. The van der Waals surface area contributed by atoms with Gasteiger partial charge in [0.1, 0.15) is 11.9 Å². The van der Waals surface area contributed by atoms with Crippen molar-refractivity contribution >= 4 is 22.8 Å². The highest BCUT2D eigenvalue weighted by Crippen LogP contribution is 2.21. The van der Waals surface area contributed by atoms with E-state index in [4.69, 9.17) is 4.74 Å². The van der Waals surface area contributed by atoms with E-state index in [1.54, 1.807) is 12.3 Å². The summed E-state index contributed by atoms with van der Waals surface area (Å²) in [6.45, 7) is 0.842. The first-order chi connectivity index (χ1) is 11.0. The Morgan fingerprint density at radius 2 is 2.30 bits per heavy atom. The van der Waals surface area contributed by atoms with Gasteiger partial charge in [-0.15, -0.1) is 0 Å². The third kappa shape index (κ3) is 3.34. The normalized spacial score (nSPS) is 18.9. The second-order valence-corrected chi connectivity index (χ2v) is 5.67. The summed E-state index contributed by atoms with van der Waals surface area (Å²) in [4.78, 5) is 26.5. The number of amides is 1. The predicted molar refractivity (Wildman–Crippen MR) is 80.5 cm³/mol. The van der Waals surface area contributed by atoms with Crippen LogP contribution < -0.4 is 5.32 Å². The zero-order valence-corrected chi connectivity index (χ0v) is 12.3. The Kier molecular flexibility index (Phi) is 4.29. The highest BCUT2D eigenvalue weighted by molar-refractivity contribution is 5.87. The molecule has 0 radical (unpaired) electrons. The van der Waals surface area contributed by atoms with Crippen LogP contribution in [0.25, 0.3) is 10.9 Å². The van der Waals surface area contributed by atoms with Gasteiger partial charge in [0, 0.05) is 30.1 Å². The SMILES string of the molecule is O=C(N[C@H](Cc1c[nH]c2cc(F)ccc12)C(=O)O)[C@H]1CCOC1. The maximum absolute atomic E-state index is 13.2. The molecular weight excluding hydrogens is 303 g/mol. The first-order valence-electron chi connectivity index (χ1n) is 7.41. The number of aromatic amines is 1. The number of carbonyl (C=O) groups excluding carboxylic acids is 1. The van der Waals surface area contributed by atoms with Crippen molar-refractivity contribution in [1.29, 1.82) is 0 Å². The van der Waals surface area contributed by atoms with Crippen LogP contribution in [-0.2, 0) is 20.7 Å². The molecule has 1 amide bonds. The molecule has 0 spiro atoms. The van der Waals surface area contributed by atoms with Crippen molar-refractivity contribution in [2.24, 2.45) is 5.92 Å². The summed E-state index contributed by atoms with van der Waals surface area (Å²) in [5, 5.41) is 12.7. The number of rotatable bonds is 5. The Morgan fingerprint density at radius 1 is 1.48 bits per heavy atom. The van der Waals surface area contributed by atoms with E-state index in [1.165, 1.54) is 12.1 Å². The molecule has 2 aromatic rings.